The number of hydrogen-bond donors (Lipinski definition) is 0. The maximum Gasteiger partial charge on any atom is 0.224 e. The number of rotatable bonds is 5. The van der Waals surface area contributed by atoms with Gasteiger partial charge in [-0.15, -0.1) is 0 Å². The molecule has 1 aromatic heterocycles. The molecule has 1 aromatic rings. The lowest BCUT2D eigenvalue weighted by molar-refractivity contribution is 0.133. The first-order valence-electron chi connectivity index (χ1n) is 6.53. The van der Waals surface area contributed by atoms with Gasteiger partial charge in [-0.05, 0) is 24.4 Å². The molecule has 0 saturated carbocycles. The lowest BCUT2D eigenvalue weighted by Crippen LogP contribution is -2.30. The third-order valence-corrected chi connectivity index (χ3v) is 3.61. The molecule has 0 saturated heterocycles. The van der Waals surface area contributed by atoms with Crippen LogP contribution in [0.4, 0.5) is 5.82 Å². The summed E-state index contributed by atoms with van der Waals surface area (Å²) in [5.41, 5.74) is 2.04. The molecule has 0 fully saturated rings. The summed E-state index contributed by atoms with van der Waals surface area (Å²) < 4.78 is 5.45. The van der Waals surface area contributed by atoms with Crippen LogP contribution in [-0.4, -0.2) is 23.1 Å². The fourth-order valence-corrected chi connectivity index (χ4v) is 2.32. The van der Waals surface area contributed by atoms with Gasteiger partial charge in [-0.2, -0.15) is 0 Å². The minimum atomic E-state index is 0.317. The van der Waals surface area contributed by atoms with Crippen molar-refractivity contribution in [3.05, 3.63) is 16.5 Å². The number of fused-ring (bicyclic) bond motifs is 1. The average Bonchev–Trinajstić information content (AvgIpc) is 2.82. The Hall–Kier alpha value is -0.870. The van der Waals surface area contributed by atoms with Gasteiger partial charge in [0, 0.05) is 18.7 Å². The first-order valence-corrected chi connectivity index (χ1v) is 6.91. The first-order chi connectivity index (χ1) is 8.65. The summed E-state index contributed by atoms with van der Waals surface area (Å²) in [5.74, 6) is 1.59. The van der Waals surface area contributed by atoms with Gasteiger partial charge in [-0.25, -0.2) is 9.97 Å². The molecule has 1 unspecified atom stereocenters. The average molecular weight is 270 g/mol. The van der Waals surface area contributed by atoms with Crippen LogP contribution in [-0.2, 0) is 18.0 Å². The van der Waals surface area contributed by atoms with Crippen molar-refractivity contribution in [3.63, 3.8) is 0 Å². The number of nitrogens with zero attached hydrogens (tertiary/aromatic N) is 3. The topological polar surface area (TPSA) is 38.2 Å². The maximum atomic E-state index is 6.00. The summed E-state index contributed by atoms with van der Waals surface area (Å²) in [6.07, 6.45) is 1.16. The summed E-state index contributed by atoms with van der Waals surface area (Å²) in [6, 6.07) is 0. The summed E-state index contributed by atoms with van der Waals surface area (Å²) in [6.45, 7) is 9.66. The Morgan fingerprint density at radius 3 is 2.78 bits per heavy atom. The SMILES string of the molecule is CCC(C)CN(CC)c1nc(Cl)nc2c1COC2. The molecule has 1 aliphatic heterocycles. The van der Waals surface area contributed by atoms with E-state index in [9.17, 15) is 0 Å². The van der Waals surface area contributed by atoms with Gasteiger partial charge < -0.3 is 9.64 Å². The van der Waals surface area contributed by atoms with Crippen LogP contribution in [0, 0.1) is 5.92 Å². The molecule has 0 aliphatic carbocycles. The Bertz CT molecular complexity index is 425. The molecule has 0 spiro atoms. The minimum absolute atomic E-state index is 0.317. The van der Waals surface area contributed by atoms with E-state index in [4.69, 9.17) is 16.3 Å². The molecular formula is C13H20ClN3O. The highest BCUT2D eigenvalue weighted by atomic mass is 35.5. The van der Waals surface area contributed by atoms with Crippen molar-refractivity contribution in [2.45, 2.75) is 40.4 Å². The molecule has 0 bridgehead atoms. The summed E-state index contributed by atoms with van der Waals surface area (Å²) in [7, 11) is 0. The Morgan fingerprint density at radius 2 is 2.11 bits per heavy atom. The van der Waals surface area contributed by atoms with E-state index in [1.165, 1.54) is 0 Å². The number of hydrogen-bond acceptors (Lipinski definition) is 4. The summed E-state index contributed by atoms with van der Waals surface area (Å²) in [4.78, 5) is 10.9. The van der Waals surface area contributed by atoms with Gasteiger partial charge in [-0.1, -0.05) is 20.3 Å². The van der Waals surface area contributed by atoms with Crippen LogP contribution < -0.4 is 4.90 Å². The molecule has 0 amide bonds. The van der Waals surface area contributed by atoms with E-state index in [0.717, 1.165) is 36.6 Å². The van der Waals surface area contributed by atoms with Crippen molar-refractivity contribution in [3.8, 4) is 0 Å². The Morgan fingerprint density at radius 1 is 1.33 bits per heavy atom. The molecule has 0 N–H and O–H groups in total. The molecule has 5 heteroatoms. The van der Waals surface area contributed by atoms with Gasteiger partial charge in [0.1, 0.15) is 5.82 Å². The van der Waals surface area contributed by atoms with Gasteiger partial charge in [0.2, 0.25) is 5.28 Å². The Balaban J connectivity index is 2.30. The van der Waals surface area contributed by atoms with Gasteiger partial charge in [0.05, 0.1) is 18.9 Å². The zero-order valence-corrected chi connectivity index (χ0v) is 12.0. The minimum Gasteiger partial charge on any atom is -0.370 e. The van der Waals surface area contributed by atoms with Crippen LogP contribution >= 0.6 is 11.6 Å². The van der Waals surface area contributed by atoms with Crippen molar-refractivity contribution in [1.82, 2.24) is 9.97 Å². The molecule has 1 atom stereocenters. The zero-order valence-electron chi connectivity index (χ0n) is 11.2. The second-order valence-corrected chi connectivity index (χ2v) is 5.12. The molecule has 0 radical (unpaired) electrons. The molecular weight excluding hydrogens is 250 g/mol. The standard InChI is InChI=1S/C13H20ClN3O/c1-4-9(3)6-17(5-2)12-10-7-18-8-11(10)15-13(14)16-12/h9H,4-8H2,1-3H3. The quantitative estimate of drug-likeness (QED) is 0.770. The van der Waals surface area contributed by atoms with E-state index < -0.39 is 0 Å². The predicted octanol–water partition coefficient (Wildman–Crippen LogP) is 3.03. The van der Waals surface area contributed by atoms with Crippen molar-refractivity contribution >= 4 is 17.4 Å². The molecule has 2 rings (SSSR count). The third kappa shape index (κ3) is 2.75. The van der Waals surface area contributed by atoms with E-state index in [1.54, 1.807) is 0 Å². The van der Waals surface area contributed by atoms with Crippen LogP contribution in [0.5, 0.6) is 0 Å². The fraction of sp³-hybridized carbons (Fsp3) is 0.692. The Kier molecular flexibility index (Phi) is 4.40. The van der Waals surface area contributed by atoms with E-state index in [-0.39, 0.29) is 0 Å². The number of aromatic nitrogens is 2. The van der Waals surface area contributed by atoms with Crippen LogP contribution in [0.2, 0.25) is 5.28 Å². The van der Waals surface area contributed by atoms with Gasteiger partial charge >= 0.3 is 0 Å². The maximum absolute atomic E-state index is 6.00. The van der Waals surface area contributed by atoms with Crippen LogP contribution in [0.1, 0.15) is 38.4 Å². The van der Waals surface area contributed by atoms with E-state index >= 15 is 0 Å². The molecule has 1 aliphatic rings. The zero-order chi connectivity index (χ0) is 13.1. The monoisotopic (exact) mass is 269 g/mol. The van der Waals surface area contributed by atoms with Crippen LogP contribution in [0.25, 0.3) is 0 Å². The highest BCUT2D eigenvalue weighted by molar-refractivity contribution is 6.28. The molecule has 100 valence electrons. The van der Waals surface area contributed by atoms with Crippen molar-refractivity contribution in [2.75, 3.05) is 18.0 Å². The summed E-state index contributed by atoms with van der Waals surface area (Å²) in [5, 5.41) is 0.317. The smallest absolute Gasteiger partial charge is 0.224 e. The molecule has 4 nitrogen and oxygen atoms in total. The van der Waals surface area contributed by atoms with E-state index in [2.05, 4.69) is 35.6 Å². The lowest BCUT2D eigenvalue weighted by atomic mass is 10.1. The Labute approximate surface area is 113 Å². The molecule has 18 heavy (non-hydrogen) atoms. The molecule has 2 heterocycles. The van der Waals surface area contributed by atoms with Crippen LogP contribution in [0.3, 0.4) is 0 Å². The lowest BCUT2D eigenvalue weighted by Gasteiger charge is -2.26. The van der Waals surface area contributed by atoms with E-state index in [0.29, 0.717) is 24.4 Å². The number of anilines is 1. The van der Waals surface area contributed by atoms with Crippen molar-refractivity contribution in [2.24, 2.45) is 5.92 Å². The normalized spacial score (nSPS) is 15.6. The van der Waals surface area contributed by atoms with Crippen molar-refractivity contribution in [1.29, 1.82) is 0 Å². The fourth-order valence-electron chi connectivity index (χ4n) is 2.14. The number of halogens is 1. The van der Waals surface area contributed by atoms with Gasteiger partial charge in [-0.3, -0.25) is 0 Å². The third-order valence-electron chi connectivity index (χ3n) is 3.44. The first kappa shape index (κ1) is 13.6. The van der Waals surface area contributed by atoms with Crippen molar-refractivity contribution < 1.29 is 4.74 Å². The predicted molar refractivity (Wildman–Crippen MR) is 72.9 cm³/mol. The van der Waals surface area contributed by atoms with Gasteiger partial charge in [0.15, 0.2) is 0 Å². The number of ether oxygens (including phenoxy) is 1. The summed E-state index contributed by atoms with van der Waals surface area (Å²) >= 11 is 6.00. The highest BCUT2D eigenvalue weighted by Crippen LogP contribution is 2.29. The highest BCUT2D eigenvalue weighted by Gasteiger charge is 2.23. The second kappa shape index (κ2) is 5.85. The second-order valence-electron chi connectivity index (χ2n) is 4.79. The van der Waals surface area contributed by atoms with E-state index in [1.807, 2.05) is 0 Å². The van der Waals surface area contributed by atoms with Gasteiger partial charge in [0.25, 0.3) is 0 Å². The van der Waals surface area contributed by atoms with Crippen LogP contribution in [0.15, 0.2) is 0 Å². The largest absolute Gasteiger partial charge is 0.370 e. The molecule has 0 aromatic carbocycles.